The molecule has 0 unspecified atom stereocenters. The number of hydrogen-bond donors (Lipinski definition) is 2. The van der Waals surface area contributed by atoms with Crippen LogP contribution in [0.4, 0.5) is 13.2 Å². The van der Waals surface area contributed by atoms with Crippen LogP contribution in [-0.2, 0) is 17.6 Å². The zero-order chi connectivity index (χ0) is 28.2. The third-order valence-corrected chi connectivity index (χ3v) is 9.30. The minimum Gasteiger partial charge on any atom is -0.487 e. The number of carbonyl (C=O) groups excluding carboxylic acids is 1. The van der Waals surface area contributed by atoms with Crippen molar-refractivity contribution in [3.63, 3.8) is 0 Å². The van der Waals surface area contributed by atoms with E-state index in [1.807, 2.05) is 0 Å². The molecule has 2 N–H and O–H groups in total. The molecule has 0 aromatic heterocycles. The van der Waals surface area contributed by atoms with Gasteiger partial charge in [0, 0.05) is 15.8 Å². The number of ether oxygens (including phenoxy) is 1. The highest BCUT2D eigenvalue weighted by Gasteiger charge is 2.56. The number of rotatable bonds is 7. The van der Waals surface area contributed by atoms with Crippen molar-refractivity contribution >= 4 is 34.2 Å². The highest BCUT2D eigenvalue weighted by atomic mass is 35.5. The van der Waals surface area contributed by atoms with Gasteiger partial charge in [-0.3, -0.25) is 4.79 Å². The highest BCUT2D eigenvalue weighted by Crippen LogP contribution is 2.61. The number of alkyl halides is 3. The first-order chi connectivity index (χ1) is 19.0. The summed E-state index contributed by atoms with van der Waals surface area (Å²) < 4.78 is 45.1. The minimum atomic E-state index is -4.45. The van der Waals surface area contributed by atoms with Crippen LogP contribution in [0.1, 0.15) is 60.0 Å². The normalized spacial score (nSPS) is 26.1. The van der Waals surface area contributed by atoms with E-state index in [4.69, 9.17) is 16.3 Å². The Morgan fingerprint density at radius 2 is 1.57 bits per heavy atom. The predicted octanol–water partition coefficient (Wildman–Crippen LogP) is 7.49. The summed E-state index contributed by atoms with van der Waals surface area (Å²) in [6.45, 7) is -0.0959. The van der Waals surface area contributed by atoms with Gasteiger partial charge in [-0.15, -0.1) is 0 Å². The van der Waals surface area contributed by atoms with E-state index in [1.165, 1.54) is 12.1 Å². The van der Waals surface area contributed by atoms with Crippen LogP contribution in [0.5, 0.6) is 5.75 Å². The van der Waals surface area contributed by atoms with E-state index in [9.17, 15) is 27.9 Å². The Morgan fingerprint density at radius 3 is 2.15 bits per heavy atom. The molecule has 5 nitrogen and oxygen atoms in total. The molecule has 4 aliphatic rings. The Bertz CT molecular complexity index is 1430. The summed E-state index contributed by atoms with van der Waals surface area (Å²) in [7, 11) is 0. The van der Waals surface area contributed by atoms with Crippen LogP contribution in [-0.4, -0.2) is 23.0 Å². The van der Waals surface area contributed by atoms with E-state index < -0.39 is 35.1 Å². The number of halogens is 4. The molecule has 0 radical (unpaired) electrons. The van der Waals surface area contributed by atoms with E-state index >= 15 is 0 Å². The molecule has 7 rings (SSSR count). The number of carbonyl (C=O) groups is 2. The lowest BCUT2D eigenvalue weighted by atomic mass is 9.47. The molecule has 3 aromatic rings. The van der Waals surface area contributed by atoms with Crippen LogP contribution < -0.4 is 10.1 Å². The number of aliphatic carboxylic acids is 1. The monoisotopic (exact) mass is 571 g/mol. The van der Waals surface area contributed by atoms with Crippen molar-refractivity contribution in [3.05, 3.63) is 76.3 Å². The van der Waals surface area contributed by atoms with Crippen LogP contribution in [0, 0.1) is 23.2 Å². The summed E-state index contributed by atoms with van der Waals surface area (Å²) in [5.41, 5.74) is -0.594. The first kappa shape index (κ1) is 26.9. The molecule has 4 aliphatic carbocycles. The fourth-order valence-electron chi connectivity index (χ4n) is 7.76. The second kappa shape index (κ2) is 9.98. The third kappa shape index (κ3) is 5.02. The van der Waals surface area contributed by atoms with Crippen LogP contribution in [0.3, 0.4) is 0 Å². The fourth-order valence-corrected chi connectivity index (χ4v) is 7.93. The molecule has 4 saturated carbocycles. The molecule has 4 bridgehead atoms. The number of carboxylic acids is 1. The molecule has 40 heavy (non-hydrogen) atoms. The molecule has 0 heterocycles. The van der Waals surface area contributed by atoms with Gasteiger partial charge >= 0.3 is 12.1 Å². The van der Waals surface area contributed by atoms with Crippen LogP contribution in [0.15, 0.2) is 54.6 Å². The van der Waals surface area contributed by atoms with Crippen molar-refractivity contribution in [2.45, 2.75) is 57.3 Å². The first-order valence-electron chi connectivity index (χ1n) is 13.6. The average molecular weight is 572 g/mol. The molecule has 4 fully saturated rings. The standard InChI is InChI=1S/C31H29ClF3NO4/c32-23-7-3-21-4-8-24(26(25(21)12-23)40-16-17-1-5-22(6-2-17)31(33,34)35)28(37)36-27(29(38)39)30-13-18-9-19(14-30)11-20(10-18)15-30/h1-8,12,18-20,27H,9-11,13-16H2,(H,36,37)(H,38,39)/t18?,19?,20?,27-,30?/m1/s1. The summed E-state index contributed by atoms with van der Waals surface area (Å²) >= 11 is 6.26. The molecular weight excluding hydrogens is 543 g/mol. The van der Waals surface area contributed by atoms with E-state index in [0.717, 1.165) is 56.0 Å². The number of amides is 1. The Labute approximate surface area is 234 Å². The maximum absolute atomic E-state index is 13.8. The van der Waals surface area contributed by atoms with Crippen molar-refractivity contribution in [2.24, 2.45) is 23.2 Å². The van der Waals surface area contributed by atoms with E-state index in [2.05, 4.69) is 5.32 Å². The van der Waals surface area contributed by atoms with Crippen molar-refractivity contribution in [1.82, 2.24) is 5.32 Å². The largest absolute Gasteiger partial charge is 0.487 e. The van der Waals surface area contributed by atoms with Gasteiger partial charge in [-0.2, -0.15) is 13.2 Å². The maximum Gasteiger partial charge on any atom is 0.416 e. The lowest BCUT2D eigenvalue weighted by Gasteiger charge is -2.58. The van der Waals surface area contributed by atoms with Crippen molar-refractivity contribution < 1.29 is 32.6 Å². The first-order valence-corrected chi connectivity index (χ1v) is 13.9. The van der Waals surface area contributed by atoms with Crippen molar-refractivity contribution in [1.29, 1.82) is 0 Å². The summed E-state index contributed by atoms with van der Waals surface area (Å²) in [6, 6.07) is 12.1. The molecule has 9 heteroatoms. The molecule has 0 aliphatic heterocycles. The second-order valence-electron chi connectivity index (χ2n) is 11.8. The molecule has 0 saturated heterocycles. The lowest BCUT2D eigenvalue weighted by Crippen LogP contribution is -2.59. The smallest absolute Gasteiger partial charge is 0.416 e. The number of benzene rings is 3. The zero-order valence-corrected chi connectivity index (χ0v) is 22.4. The summed E-state index contributed by atoms with van der Waals surface area (Å²) in [6.07, 6.45) is 1.41. The molecule has 210 valence electrons. The Hall–Kier alpha value is -3.26. The Balaban J connectivity index is 1.31. The van der Waals surface area contributed by atoms with E-state index in [-0.39, 0.29) is 17.9 Å². The Kier molecular flexibility index (Phi) is 6.72. The molecule has 3 aromatic carbocycles. The van der Waals surface area contributed by atoms with Gasteiger partial charge in [0.25, 0.3) is 5.91 Å². The molecule has 1 atom stereocenters. The van der Waals surface area contributed by atoms with E-state index in [0.29, 0.717) is 33.7 Å². The summed E-state index contributed by atoms with van der Waals surface area (Å²) in [4.78, 5) is 26.3. The topological polar surface area (TPSA) is 75.6 Å². The van der Waals surface area contributed by atoms with Gasteiger partial charge in [0.15, 0.2) is 0 Å². The SMILES string of the molecule is O=C(N[C@H](C(=O)O)C12CC3CC(CC(C3)C1)C2)c1ccc2ccc(Cl)cc2c1OCc1ccc(C(F)(F)F)cc1. The van der Waals surface area contributed by atoms with E-state index in [1.54, 1.807) is 30.3 Å². The predicted molar refractivity (Wildman–Crippen MR) is 144 cm³/mol. The number of nitrogens with one attached hydrogen (secondary N) is 1. The van der Waals surface area contributed by atoms with Crippen LogP contribution >= 0.6 is 11.6 Å². The van der Waals surface area contributed by atoms with Crippen LogP contribution in [0.2, 0.25) is 5.02 Å². The molecular formula is C31H29ClF3NO4. The number of fused-ring (bicyclic) bond motifs is 1. The summed E-state index contributed by atoms with van der Waals surface area (Å²) in [5.74, 6) is 0.132. The van der Waals surface area contributed by atoms with Gasteiger partial charge in [0.1, 0.15) is 18.4 Å². The summed E-state index contributed by atoms with van der Waals surface area (Å²) in [5, 5.41) is 14.9. The second-order valence-corrected chi connectivity index (χ2v) is 12.3. The average Bonchev–Trinajstić information content (AvgIpc) is 2.88. The van der Waals surface area contributed by atoms with Crippen LogP contribution in [0.25, 0.3) is 10.8 Å². The highest BCUT2D eigenvalue weighted by molar-refractivity contribution is 6.31. The molecule has 1 amide bonds. The van der Waals surface area contributed by atoms with Crippen molar-refractivity contribution in [3.8, 4) is 5.75 Å². The van der Waals surface area contributed by atoms with Gasteiger partial charge in [-0.05, 0) is 97.6 Å². The van der Waals surface area contributed by atoms with Gasteiger partial charge in [0.2, 0.25) is 0 Å². The third-order valence-electron chi connectivity index (χ3n) is 9.06. The quantitative estimate of drug-likeness (QED) is 0.308. The van der Waals surface area contributed by atoms with Gasteiger partial charge in [-0.25, -0.2) is 4.79 Å². The Morgan fingerprint density at radius 1 is 0.975 bits per heavy atom. The van der Waals surface area contributed by atoms with Gasteiger partial charge < -0.3 is 15.2 Å². The minimum absolute atomic E-state index is 0.0959. The zero-order valence-electron chi connectivity index (χ0n) is 21.6. The van der Waals surface area contributed by atoms with Gasteiger partial charge in [-0.1, -0.05) is 35.9 Å². The number of carboxylic acid groups (broad SMARTS) is 1. The van der Waals surface area contributed by atoms with Gasteiger partial charge in [0.05, 0.1) is 11.1 Å². The van der Waals surface area contributed by atoms with Crippen molar-refractivity contribution in [2.75, 3.05) is 0 Å². The number of hydrogen-bond acceptors (Lipinski definition) is 3. The lowest BCUT2D eigenvalue weighted by molar-refractivity contribution is -0.150. The maximum atomic E-state index is 13.8. The fraction of sp³-hybridized carbons (Fsp3) is 0.419. The molecule has 0 spiro atoms.